The second-order valence-corrected chi connectivity index (χ2v) is 4.96. The topological polar surface area (TPSA) is 38.0 Å². The van der Waals surface area contributed by atoms with Crippen molar-refractivity contribution in [2.45, 2.75) is 6.42 Å². The number of hydrogen-bond acceptors (Lipinski definition) is 2. The van der Waals surface area contributed by atoms with Crippen LogP contribution < -0.4 is 0 Å². The number of fused-ring (bicyclic) bond motifs is 1. The van der Waals surface area contributed by atoms with Crippen molar-refractivity contribution in [3.8, 4) is 5.75 Å². The molecular weight excluding hydrogens is 260 g/mol. The molecule has 0 radical (unpaired) electrons. The summed E-state index contributed by atoms with van der Waals surface area (Å²) in [5.41, 5.74) is 2.83. The van der Waals surface area contributed by atoms with E-state index in [1.54, 1.807) is 18.2 Å². The van der Waals surface area contributed by atoms with Crippen molar-refractivity contribution in [1.29, 1.82) is 0 Å². The summed E-state index contributed by atoms with van der Waals surface area (Å²) < 4.78 is 2.04. The van der Waals surface area contributed by atoms with Gasteiger partial charge in [0.2, 0.25) is 0 Å². The van der Waals surface area contributed by atoms with Crippen molar-refractivity contribution in [2.75, 3.05) is 0 Å². The molecule has 2 aromatic carbocycles. The molecule has 1 heterocycles. The first-order valence-corrected chi connectivity index (χ1v) is 6.40. The van der Waals surface area contributed by atoms with Crippen molar-refractivity contribution in [3.05, 3.63) is 58.9 Å². The zero-order valence-corrected chi connectivity index (χ0v) is 11.2. The fourth-order valence-corrected chi connectivity index (χ4v) is 2.41. The van der Waals surface area contributed by atoms with Crippen LogP contribution in [0.15, 0.2) is 42.5 Å². The molecule has 0 aliphatic rings. The number of phenolic OH excluding ortho intramolecular Hbond substituents is 1. The smallest absolute Gasteiger partial charge is 0.119 e. The van der Waals surface area contributed by atoms with Gasteiger partial charge in [-0.2, -0.15) is 0 Å². The van der Waals surface area contributed by atoms with Gasteiger partial charge in [0.1, 0.15) is 11.6 Å². The van der Waals surface area contributed by atoms with Gasteiger partial charge in [-0.3, -0.25) is 0 Å². The van der Waals surface area contributed by atoms with Crippen molar-refractivity contribution in [1.82, 2.24) is 9.55 Å². The predicted octanol–water partition coefficient (Wildman–Crippen LogP) is 3.52. The number of hydrogen-bond donors (Lipinski definition) is 1. The Morgan fingerprint density at radius 2 is 2.00 bits per heavy atom. The lowest BCUT2D eigenvalue weighted by atomic mass is 10.1. The zero-order chi connectivity index (χ0) is 13.4. The van der Waals surface area contributed by atoms with E-state index in [0.29, 0.717) is 11.4 Å². The second kappa shape index (κ2) is 4.59. The van der Waals surface area contributed by atoms with Crippen LogP contribution >= 0.6 is 11.6 Å². The number of nitrogens with zero attached hydrogens (tertiary/aromatic N) is 2. The highest BCUT2D eigenvalue weighted by atomic mass is 35.5. The maximum absolute atomic E-state index is 9.87. The third kappa shape index (κ3) is 2.17. The summed E-state index contributed by atoms with van der Waals surface area (Å²) in [5.74, 6) is 1.15. The van der Waals surface area contributed by atoms with Gasteiger partial charge >= 0.3 is 0 Å². The van der Waals surface area contributed by atoms with Gasteiger partial charge in [-0.25, -0.2) is 4.98 Å². The van der Waals surface area contributed by atoms with Crippen LogP contribution in [0.4, 0.5) is 0 Å². The molecule has 0 fully saturated rings. The number of aromatic nitrogens is 2. The molecule has 0 unspecified atom stereocenters. The molecule has 3 rings (SSSR count). The minimum atomic E-state index is 0.247. The molecule has 3 aromatic rings. The number of imidazole rings is 1. The number of aryl methyl sites for hydroxylation is 1. The van der Waals surface area contributed by atoms with Crippen molar-refractivity contribution in [3.63, 3.8) is 0 Å². The second-order valence-electron chi connectivity index (χ2n) is 4.53. The molecule has 0 aliphatic heterocycles. The van der Waals surface area contributed by atoms with E-state index in [1.807, 2.05) is 35.9 Å². The van der Waals surface area contributed by atoms with E-state index < -0.39 is 0 Å². The fourth-order valence-electron chi connectivity index (χ4n) is 2.22. The molecular formula is C15H13ClN2O. The third-order valence-corrected chi connectivity index (χ3v) is 3.50. The standard InChI is InChI=1S/C15H13ClN2O/c1-18-13-5-3-2-4-12(13)17-15(18)9-10-8-11(16)6-7-14(10)19/h2-8,19H,9H2,1H3. The summed E-state index contributed by atoms with van der Waals surface area (Å²) in [6, 6.07) is 13.0. The zero-order valence-electron chi connectivity index (χ0n) is 10.5. The molecule has 4 heteroatoms. The summed E-state index contributed by atoms with van der Waals surface area (Å²) in [7, 11) is 1.98. The van der Waals surface area contributed by atoms with E-state index in [0.717, 1.165) is 22.4 Å². The first-order valence-electron chi connectivity index (χ1n) is 6.03. The molecule has 0 bridgehead atoms. The summed E-state index contributed by atoms with van der Waals surface area (Å²) in [6.07, 6.45) is 0.553. The largest absolute Gasteiger partial charge is 0.508 e. The molecule has 1 N–H and O–H groups in total. The average Bonchev–Trinajstić information content (AvgIpc) is 2.72. The maximum Gasteiger partial charge on any atom is 0.119 e. The van der Waals surface area contributed by atoms with Crippen LogP contribution in [0.2, 0.25) is 5.02 Å². The van der Waals surface area contributed by atoms with Gasteiger partial charge in [-0.1, -0.05) is 23.7 Å². The Bertz CT molecular complexity index is 749. The summed E-state index contributed by atoms with van der Waals surface area (Å²) >= 11 is 5.96. The van der Waals surface area contributed by atoms with Crippen LogP contribution in [0.3, 0.4) is 0 Å². The van der Waals surface area contributed by atoms with Gasteiger partial charge < -0.3 is 9.67 Å². The number of phenols is 1. The van der Waals surface area contributed by atoms with Gasteiger partial charge in [0.05, 0.1) is 11.0 Å². The Kier molecular flexibility index (Phi) is 2.91. The minimum Gasteiger partial charge on any atom is -0.508 e. The van der Waals surface area contributed by atoms with Crippen LogP contribution in [-0.4, -0.2) is 14.7 Å². The molecule has 1 aromatic heterocycles. The SMILES string of the molecule is Cn1c(Cc2cc(Cl)ccc2O)nc2ccccc21. The van der Waals surface area contributed by atoms with Gasteiger partial charge in [0.15, 0.2) is 0 Å². The lowest BCUT2D eigenvalue weighted by Gasteiger charge is -2.05. The summed E-state index contributed by atoms with van der Waals surface area (Å²) in [6.45, 7) is 0. The normalized spacial score (nSPS) is 11.1. The number of halogens is 1. The molecule has 0 saturated heterocycles. The maximum atomic E-state index is 9.87. The highest BCUT2D eigenvalue weighted by Gasteiger charge is 2.10. The Morgan fingerprint density at radius 3 is 2.79 bits per heavy atom. The van der Waals surface area contributed by atoms with E-state index in [1.165, 1.54) is 0 Å². The van der Waals surface area contributed by atoms with Gasteiger partial charge in [0, 0.05) is 24.1 Å². The first-order chi connectivity index (χ1) is 9.15. The average molecular weight is 273 g/mol. The van der Waals surface area contributed by atoms with Gasteiger partial charge in [-0.15, -0.1) is 0 Å². The van der Waals surface area contributed by atoms with Crippen LogP contribution in [0.1, 0.15) is 11.4 Å². The lowest BCUT2D eigenvalue weighted by molar-refractivity contribution is 0.469. The number of benzene rings is 2. The monoisotopic (exact) mass is 272 g/mol. The summed E-state index contributed by atoms with van der Waals surface area (Å²) in [5, 5.41) is 10.5. The Morgan fingerprint density at radius 1 is 1.21 bits per heavy atom. The van der Waals surface area contributed by atoms with E-state index in [9.17, 15) is 5.11 Å². The molecule has 3 nitrogen and oxygen atoms in total. The number of aromatic hydroxyl groups is 1. The third-order valence-electron chi connectivity index (χ3n) is 3.27. The number of rotatable bonds is 2. The lowest BCUT2D eigenvalue weighted by Crippen LogP contribution is -1.99. The summed E-state index contributed by atoms with van der Waals surface area (Å²) in [4.78, 5) is 4.59. The van der Waals surface area contributed by atoms with Crippen LogP contribution in [0.5, 0.6) is 5.75 Å². The highest BCUT2D eigenvalue weighted by molar-refractivity contribution is 6.30. The van der Waals surface area contributed by atoms with E-state index in [2.05, 4.69) is 4.98 Å². The van der Waals surface area contributed by atoms with Crippen LogP contribution in [0.25, 0.3) is 11.0 Å². The molecule has 0 saturated carbocycles. The van der Waals surface area contributed by atoms with Crippen LogP contribution in [0, 0.1) is 0 Å². The van der Waals surface area contributed by atoms with Crippen molar-refractivity contribution < 1.29 is 5.11 Å². The van der Waals surface area contributed by atoms with Crippen LogP contribution in [-0.2, 0) is 13.5 Å². The Hall–Kier alpha value is -2.00. The van der Waals surface area contributed by atoms with E-state index >= 15 is 0 Å². The molecule has 0 amide bonds. The van der Waals surface area contributed by atoms with Crippen molar-refractivity contribution in [2.24, 2.45) is 7.05 Å². The fraction of sp³-hybridized carbons (Fsp3) is 0.133. The Balaban J connectivity index is 2.06. The first kappa shape index (κ1) is 12.1. The highest BCUT2D eigenvalue weighted by Crippen LogP contribution is 2.25. The molecule has 96 valence electrons. The van der Waals surface area contributed by atoms with Gasteiger partial charge in [-0.05, 0) is 30.3 Å². The Labute approximate surface area is 116 Å². The van der Waals surface area contributed by atoms with Crippen molar-refractivity contribution >= 4 is 22.6 Å². The minimum absolute atomic E-state index is 0.247. The predicted molar refractivity (Wildman–Crippen MR) is 76.6 cm³/mol. The van der Waals surface area contributed by atoms with Gasteiger partial charge in [0.25, 0.3) is 0 Å². The molecule has 0 atom stereocenters. The van der Waals surface area contributed by atoms with E-state index in [4.69, 9.17) is 11.6 Å². The quantitative estimate of drug-likeness (QED) is 0.775. The molecule has 0 spiro atoms. The van der Waals surface area contributed by atoms with E-state index in [-0.39, 0.29) is 5.75 Å². The molecule has 0 aliphatic carbocycles. The number of para-hydroxylation sites is 2. The molecule has 19 heavy (non-hydrogen) atoms.